The zero-order chi connectivity index (χ0) is 15.2. The molecule has 1 aromatic rings. The number of ether oxygens (including phenoxy) is 2. The highest BCUT2D eigenvalue weighted by atomic mass is 35.5. The average molecular weight is 314 g/mol. The molecule has 0 aromatic heterocycles. The van der Waals surface area contributed by atoms with Crippen molar-refractivity contribution in [2.45, 2.75) is 39.3 Å². The molecule has 0 saturated carbocycles. The molecule has 0 saturated heterocycles. The van der Waals surface area contributed by atoms with Crippen LogP contribution in [0.15, 0.2) is 12.1 Å². The van der Waals surface area contributed by atoms with E-state index in [1.807, 2.05) is 12.1 Å². The summed E-state index contributed by atoms with van der Waals surface area (Å²) in [7, 11) is 0. The topological polar surface area (TPSA) is 50.7 Å². The van der Waals surface area contributed by atoms with Gasteiger partial charge in [-0.3, -0.25) is 0 Å². The van der Waals surface area contributed by atoms with Crippen molar-refractivity contribution in [3.8, 4) is 11.5 Å². The van der Waals surface area contributed by atoms with Crippen molar-refractivity contribution in [2.75, 3.05) is 19.8 Å². The van der Waals surface area contributed by atoms with Crippen LogP contribution >= 0.6 is 11.6 Å². The van der Waals surface area contributed by atoms with Crippen LogP contribution in [0.25, 0.3) is 0 Å². The standard InChI is InChI=1S/C16H24ClNO3/c1-11(2)14(4-5-19)18-10-12-8-13(17)16-15(9-12)20-6-3-7-21-16/h8-9,11,14,18-19H,3-7,10H2,1-2H3. The van der Waals surface area contributed by atoms with E-state index in [2.05, 4.69) is 19.2 Å². The van der Waals surface area contributed by atoms with E-state index in [1.165, 1.54) is 0 Å². The summed E-state index contributed by atoms with van der Waals surface area (Å²) in [4.78, 5) is 0. The highest BCUT2D eigenvalue weighted by Crippen LogP contribution is 2.38. The highest BCUT2D eigenvalue weighted by Gasteiger charge is 2.17. The van der Waals surface area contributed by atoms with E-state index in [-0.39, 0.29) is 12.6 Å². The molecule has 0 radical (unpaired) electrons. The number of hydrogen-bond acceptors (Lipinski definition) is 4. The molecule has 5 heteroatoms. The first-order valence-corrected chi connectivity index (χ1v) is 7.92. The van der Waals surface area contributed by atoms with Crippen LogP contribution in [0.3, 0.4) is 0 Å². The van der Waals surface area contributed by atoms with Crippen molar-refractivity contribution >= 4 is 11.6 Å². The van der Waals surface area contributed by atoms with E-state index in [0.29, 0.717) is 36.4 Å². The maximum Gasteiger partial charge on any atom is 0.179 e. The Bertz CT molecular complexity index is 465. The van der Waals surface area contributed by atoms with Crippen molar-refractivity contribution in [2.24, 2.45) is 5.92 Å². The number of aliphatic hydroxyl groups is 1. The Kier molecular flexibility index (Phi) is 6.15. The molecule has 0 amide bonds. The number of fused-ring (bicyclic) bond motifs is 1. The SMILES string of the molecule is CC(C)C(CCO)NCc1cc(Cl)c2c(c1)OCCCO2. The molecule has 1 aliphatic rings. The molecule has 1 aromatic carbocycles. The second kappa shape index (κ2) is 7.87. The smallest absolute Gasteiger partial charge is 0.179 e. The van der Waals surface area contributed by atoms with Crippen LogP contribution in [0.2, 0.25) is 5.02 Å². The summed E-state index contributed by atoms with van der Waals surface area (Å²) in [6.07, 6.45) is 1.61. The Hall–Kier alpha value is -0.970. The second-order valence-corrected chi connectivity index (χ2v) is 6.11. The predicted octanol–water partition coefficient (Wildman–Crippen LogP) is 3.00. The van der Waals surface area contributed by atoms with Gasteiger partial charge in [-0.25, -0.2) is 0 Å². The number of benzene rings is 1. The normalized spacial score (nSPS) is 15.9. The second-order valence-electron chi connectivity index (χ2n) is 5.70. The first-order valence-electron chi connectivity index (χ1n) is 7.54. The fourth-order valence-corrected chi connectivity index (χ4v) is 2.73. The number of halogens is 1. The minimum atomic E-state index is 0.192. The van der Waals surface area contributed by atoms with Gasteiger partial charge >= 0.3 is 0 Å². The van der Waals surface area contributed by atoms with Gasteiger partial charge in [-0.2, -0.15) is 0 Å². The van der Waals surface area contributed by atoms with Crippen LogP contribution in [-0.4, -0.2) is 31.0 Å². The van der Waals surface area contributed by atoms with E-state index >= 15 is 0 Å². The van der Waals surface area contributed by atoms with Crippen molar-refractivity contribution in [1.29, 1.82) is 0 Å². The van der Waals surface area contributed by atoms with E-state index < -0.39 is 0 Å². The Morgan fingerprint density at radius 3 is 2.76 bits per heavy atom. The monoisotopic (exact) mass is 313 g/mol. The lowest BCUT2D eigenvalue weighted by atomic mass is 10.0. The lowest BCUT2D eigenvalue weighted by Crippen LogP contribution is -2.34. The van der Waals surface area contributed by atoms with Crippen LogP contribution in [0.1, 0.15) is 32.3 Å². The Balaban J connectivity index is 2.07. The summed E-state index contributed by atoms with van der Waals surface area (Å²) in [6, 6.07) is 4.18. The van der Waals surface area contributed by atoms with Gasteiger partial charge in [0.25, 0.3) is 0 Å². The van der Waals surface area contributed by atoms with Crippen molar-refractivity contribution in [3.05, 3.63) is 22.7 Å². The number of nitrogens with one attached hydrogen (secondary N) is 1. The predicted molar refractivity (Wildman–Crippen MR) is 84.2 cm³/mol. The van der Waals surface area contributed by atoms with Crippen LogP contribution in [-0.2, 0) is 6.54 Å². The molecule has 0 bridgehead atoms. The van der Waals surface area contributed by atoms with E-state index in [0.717, 1.165) is 24.2 Å². The first kappa shape index (κ1) is 16.4. The minimum absolute atomic E-state index is 0.192. The molecule has 2 rings (SSSR count). The molecule has 0 fully saturated rings. The summed E-state index contributed by atoms with van der Waals surface area (Å²) in [6.45, 7) is 6.47. The van der Waals surface area contributed by atoms with E-state index in [4.69, 9.17) is 26.2 Å². The van der Waals surface area contributed by atoms with Gasteiger partial charge in [0, 0.05) is 25.6 Å². The molecular weight excluding hydrogens is 290 g/mol. The summed E-state index contributed by atoms with van der Waals surface area (Å²) >= 11 is 6.29. The number of rotatable bonds is 6. The number of aliphatic hydroxyl groups excluding tert-OH is 1. The van der Waals surface area contributed by atoms with Crippen molar-refractivity contribution < 1.29 is 14.6 Å². The highest BCUT2D eigenvalue weighted by molar-refractivity contribution is 6.32. The summed E-state index contributed by atoms with van der Waals surface area (Å²) < 4.78 is 11.3. The molecule has 2 N–H and O–H groups in total. The molecule has 0 spiro atoms. The van der Waals surface area contributed by atoms with Gasteiger partial charge in [-0.15, -0.1) is 0 Å². The third kappa shape index (κ3) is 4.50. The summed E-state index contributed by atoms with van der Waals surface area (Å²) in [5, 5.41) is 13.2. The first-order chi connectivity index (χ1) is 10.1. The lowest BCUT2D eigenvalue weighted by Gasteiger charge is -2.22. The number of hydrogen-bond donors (Lipinski definition) is 2. The molecular formula is C16H24ClNO3. The van der Waals surface area contributed by atoms with E-state index in [1.54, 1.807) is 0 Å². The van der Waals surface area contributed by atoms with Gasteiger partial charge in [0.15, 0.2) is 11.5 Å². The van der Waals surface area contributed by atoms with Crippen LogP contribution < -0.4 is 14.8 Å². The quantitative estimate of drug-likeness (QED) is 0.847. The van der Waals surface area contributed by atoms with Gasteiger partial charge < -0.3 is 19.9 Å². The fraction of sp³-hybridized carbons (Fsp3) is 0.625. The molecule has 1 unspecified atom stereocenters. The van der Waals surface area contributed by atoms with Crippen molar-refractivity contribution in [3.63, 3.8) is 0 Å². The van der Waals surface area contributed by atoms with E-state index in [9.17, 15) is 0 Å². The minimum Gasteiger partial charge on any atom is -0.489 e. The fourth-order valence-electron chi connectivity index (χ4n) is 2.45. The van der Waals surface area contributed by atoms with Crippen LogP contribution in [0.4, 0.5) is 0 Å². The molecule has 118 valence electrons. The maximum absolute atomic E-state index is 9.12. The Morgan fingerprint density at radius 1 is 1.29 bits per heavy atom. The van der Waals surface area contributed by atoms with Gasteiger partial charge in [0.1, 0.15) is 0 Å². The van der Waals surface area contributed by atoms with Crippen molar-refractivity contribution in [1.82, 2.24) is 5.32 Å². The van der Waals surface area contributed by atoms with Gasteiger partial charge in [-0.05, 0) is 30.0 Å². The molecule has 4 nitrogen and oxygen atoms in total. The largest absolute Gasteiger partial charge is 0.489 e. The molecule has 21 heavy (non-hydrogen) atoms. The third-order valence-electron chi connectivity index (χ3n) is 3.68. The molecule has 1 aliphatic heterocycles. The summed E-state index contributed by atoms with van der Waals surface area (Å²) in [5.74, 6) is 1.83. The zero-order valence-electron chi connectivity index (χ0n) is 12.7. The molecule has 1 atom stereocenters. The Labute approximate surface area is 131 Å². The van der Waals surface area contributed by atoms with Gasteiger partial charge in [-0.1, -0.05) is 25.4 Å². The lowest BCUT2D eigenvalue weighted by molar-refractivity contribution is 0.243. The van der Waals surface area contributed by atoms with Gasteiger partial charge in [0.05, 0.1) is 18.2 Å². The zero-order valence-corrected chi connectivity index (χ0v) is 13.4. The Morgan fingerprint density at radius 2 is 2.05 bits per heavy atom. The molecule has 1 heterocycles. The van der Waals surface area contributed by atoms with Gasteiger partial charge in [0.2, 0.25) is 0 Å². The maximum atomic E-state index is 9.12. The third-order valence-corrected chi connectivity index (χ3v) is 3.96. The van der Waals surface area contributed by atoms with Crippen LogP contribution in [0, 0.1) is 5.92 Å². The van der Waals surface area contributed by atoms with Crippen LogP contribution in [0.5, 0.6) is 11.5 Å². The molecule has 0 aliphatic carbocycles. The average Bonchev–Trinajstić information content (AvgIpc) is 2.68. The summed E-state index contributed by atoms with van der Waals surface area (Å²) in [5.41, 5.74) is 1.06.